The van der Waals surface area contributed by atoms with E-state index in [9.17, 15) is 4.79 Å². The Balaban J connectivity index is 2.17. The summed E-state index contributed by atoms with van der Waals surface area (Å²) in [7, 11) is 0. The van der Waals surface area contributed by atoms with Crippen LogP contribution in [0.5, 0.6) is 5.75 Å². The molecule has 82 valence electrons. The van der Waals surface area contributed by atoms with Crippen LogP contribution in [0, 0.1) is 0 Å². The number of nitrogens with one attached hydrogen (secondary N) is 1. The molecule has 0 bridgehead atoms. The fraction of sp³-hybridized carbons (Fsp3) is 0. The first kappa shape index (κ1) is 10.8. The molecule has 1 aromatic carbocycles. The van der Waals surface area contributed by atoms with Gasteiger partial charge in [0.1, 0.15) is 17.1 Å². The van der Waals surface area contributed by atoms with Gasteiger partial charge in [0.2, 0.25) is 0 Å². The minimum absolute atomic E-state index is 0.306. The van der Waals surface area contributed by atoms with Crippen LogP contribution >= 0.6 is 15.9 Å². The molecule has 0 amide bonds. The number of aromatic amines is 1. The molecule has 1 aromatic heterocycles. The van der Waals surface area contributed by atoms with E-state index in [1.807, 2.05) is 6.07 Å². The van der Waals surface area contributed by atoms with Gasteiger partial charge in [-0.3, -0.25) is 0 Å². The second-order valence-electron chi connectivity index (χ2n) is 3.15. The van der Waals surface area contributed by atoms with Crippen LogP contribution in [-0.4, -0.2) is 11.0 Å². The molecule has 4 nitrogen and oxygen atoms in total. The molecule has 16 heavy (non-hydrogen) atoms. The van der Waals surface area contributed by atoms with Crippen LogP contribution in [0.15, 0.2) is 41.0 Å². The summed E-state index contributed by atoms with van der Waals surface area (Å²) in [6.45, 7) is 0. The number of ether oxygens (including phenoxy) is 1. The van der Waals surface area contributed by atoms with Crippen LogP contribution < -0.4 is 10.5 Å². The van der Waals surface area contributed by atoms with Gasteiger partial charge in [-0.15, -0.1) is 0 Å². The Kier molecular flexibility index (Phi) is 2.96. The second kappa shape index (κ2) is 4.40. The molecule has 0 fully saturated rings. The van der Waals surface area contributed by atoms with E-state index in [1.54, 1.807) is 30.5 Å². The molecule has 2 rings (SSSR count). The largest absolute Gasteiger partial charge is 0.423 e. The maximum atomic E-state index is 11.7. The van der Waals surface area contributed by atoms with E-state index in [0.29, 0.717) is 17.1 Å². The highest BCUT2D eigenvalue weighted by Gasteiger charge is 2.12. The van der Waals surface area contributed by atoms with Crippen molar-refractivity contribution in [1.29, 1.82) is 0 Å². The number of hydrogen-bond donors (Lipinski definition) is 2. The highest BCUT2D eigenvalue weighted by atomic mass is 79.9. The van der Waals surface area contributed by atoms with Gasteiger partial charge < -0.3 is 15.5 Å². The number of aromatic nitrogens is 1. The van der Waals surface area contributed by atoms with Crippen molar-refractivity contribution in [2.45, 2.75) is 0 Å². The van der Waals surface area contributed by atoms with Gasteiger partial charge in [-0.2, -0.15) is 0 Å². The molecule has 0 saturated heterocycles. The van der Waals surface area contributed by atoms with Crippen LogP contribution in [0.4, 0.5) is 5.82 Å². The molecule has 3 N–H and O–H groups in total. The summed E-state index contributed by atoms with van der Waals surface area (Å²) in [5, 5.41) is 0. The zero-order chi connectivity index (χ0) is 11.5. The number of esters is 1. The third kappa shape index (κ3) is 2.25. The van der Waals surface area contributed by atoms with E-state index in [1.165, 1.54) is 0 Å². The molecule has 0 saturated carbocycles. The lowest BCUT2D eigenvalue weighted by molar-refractivity contribution is 0.0736. The third-order valence-electron chi connectivity index (χ3n) is 2.01. The number of anilines is 1. The lowest BCUT2D eigenvalue weighted by atomic mass is 10.3. The maximum absolute atomic E-state index is 11.7. The van der Waals surface area contributed by atoms with E-state index < -0.39 is 5.97 Å². The number of benzene rings is 1. The SMILES string of the molecule is Nc1[nH]ccc1C(=O)Oc1cccc(Br)c1. The van der Waals surface area contributed by atoms with Crippen molar-refractivity contribution in [3.05, 3.63) is 46.6 Å². The van der Waals surface area contributed by atoms with Gasteiger partial charge in [-0.1, -0.05) is 22.0 Å². The normalized spacial score (nSPS) is 10.1. The van der Waals surface area contributed by atoms with Crippen molar-refractivity contribution in [2.24, 2.45) is 0 Å². The molecular formula is C11H9BrN2O2. The molecular weight excluding hydrogens is 272 g/mol. The standard InChI is InChI=1S/C11H9BrN2O2/c12-7-2-1-3-8(6-7)16-11(15)9-4-5-14-10(9)13/h1-6,14H,13H2. The molecule has 0 atom stereocenters. The summed E-state index contributed by atoms with van der Waals surface area (Å²) < 4.78 is 6.00. The van der Waals surface area contributed by atoms with Crippen molar-refractivity contribution in [1.82, 2.24) is 4.98 Å². The topological polar surface area (TPSA) is 68.1 Å². The van der Waals surface area contributed by atoms with Gasteiger partial charge in [-0.25, -0.2) is 4.79 Å². The molecule has 5 heteroatoms. The molecule has 0 radical (unpaired) electrons. The average Bonchev–Trinajstić information content (AvgIpc) is 2.64. The zero-order valence-corrected chi connectivity index (χ0v) is 9.82. The molecule has 1 heterocycles. The smallest absolute Gasteiger partial charge is 0.347 e. The molecule has 0 aliphatic heterocycles. The molecule has 0 unspecified atom stereocenters. The molecule has 2 aromatic rings. The predicted octanol–water partition coefficient (Wildman–Crippen LogP) is 2.58. The lowest BCUT2D eigenvalue weighted by Crippen LogP contribution is -2.09. The Morgan fingerprint density at radius 1 is 1.38 bits per heavy atom. The van der Waals surface area contributed by atoms with E-state index >= 15 is 0 Å². The van der Waals surface area contributed by atoms with Crippen LogP contribution in [0.3, 0.4) is 0 Å². The highest BCUT2D eigenvalue weighted by molar-refractivity contribution is 9.10. The van der Waals surface area contributed by atoms with Gasteiger partial charge in [0.15, 0.2) is 0 Å². The summed E-state index contributed by atoms with van der Waals surface area (Å²) in [4.78, 5) is 14.4. The van der Waals surface area contributed by atoms with E-state index in [0.717, 1.165) is 4.47 Å². The minimum atomic E-state index is -0.475. The Bertz CT molecular complexity index is 522. The van der Waals surface area contributed by atoms with Crippen LogP contribution in [-0.2, 0) is 0 Å². The second-order valence-corrected chi connectivity index (χ2v) is 4.07. The number of carbonyl (C=O) groups excluding carboxylic acids is 1. The lowest BCUT2D eigenvalue weighted by Gasteiger charge is -2.03. The third-order valence-corrected chi connectivity index (χ3v) is 2.50. The van der Waals surface area contributed by atoms with Crippen molar-refractivity contribution >= 4 is 27.7 Å². The number of carbonyl (C=O) groups is 1. The fourth-order valence-corrected chi connectivity index (χ4v) is 1.63. The van der Waals surface area contributed by atoms with Gasteiger partial charge in [0, 0.05) is 10.7 Å². The number of hydrogen-bond acceptors (Lipinski definition) is 3. The van der Waals surface area contributed by atoms with Crippen molar-refractivity contribution in [3.8, 4) is 5.75 Å². The van der Waals surface area contributed by atoms with Gasteiger partial charge in [0.05, 0.1) is 0 Å². The molecule has 0 spiro atoms. The summed E-state index contributed by atoms with van der Waals surface area (Å²) in [5.74, 6) is 0.303. The first-order valence-corrected chi connectivity index (χ1v) is 5.37. The summed E-state index contributed by atoms with van der Waals surface area (Å²) in [6.07, 6.45) is 1.59. The van der Waals surface area contributed by atoms with Crippen molar-refractivity contribution in [2.75, 3.05) is 5.73 Å². The fourth-order valence-electron chi connectivity index (χ4n) is 1.25. The zero-order valence-electron chi connectivity index (χ0n) is 8.24. The Labute approximate surface area is 101 Å². The van der Waals surface area contributed by atoms with Crippen LogP contribution in [0.25, 0.3) is 0 Å². The Morgan fingerprint density at radius 3 is 2.81 bits per heavy atom. The number of rotatable bonds is 2. The quantitative estimate of drug-likeness (QED) is 0.656. The summed E-state index contributed by atoms with van der Waals surface area (Å²) in [5.41, 5.74) is 5.89. The number of H-pyrrole nitrogens is 1. The number of halogens is 1. The Morgan fingerprint density at radius 2 is 2.19 bits per heavy atom. The van der Waals surface area contributed by atoms with E-state index in [-0.39, 0.29) is 0 Å². The minimum Gasteiger partial charge on any atom is -0.423 e. The van der Waals surface area contributed by atoms with E-state index in [4.69, 9.17) is 10.5 Å². The van der Waals surface area contributed by atoms with Gasteiger partial charge >= 0.3 is 5.97 Å². The molecule has 0 aliphatic carbocycles. The van der Waals surface area contributed by atoms with Crippen molar-refractivity contribution < 1.29 is 9.53 Å². The summed E-state index contributed by atoms with van der Waals surface area (Å²) >= 11 is 3.29. The monoisotopic (exact) mass is 280 g/mol. The predicted molar refractivity (Wildman–Crippen MR) is 64.3 cm³/mol. The maximum Gasteiger partial charge on any atom is 0.347 e. The van der Waals surface area contributed by atoms with E-state index in [2.05, 4.69) is 20.9 Å². The highest BCUT2D eigenvalue weighted by Crippen LogP contribution is 2.19. The average molecular weight is 281 g/mol. The number of nitrogen functional groups attached to an aromatic ring is 1. The summed E-state index contributed by atoms with van der Waals surface area (Å²) in [6, 6.07) is 8.62. The van der Waals surface area contributed by atoms with Gasteiger partial charge in [-0.05, 0) is 24.3 Å². The Hall–Kier alpha value is -1.75. The van der Waals surface area contributed by atoms with Crippen LogP contribution in [0.2, 0.25) is 0 Å². The van der Waals surface area contributed by atoms with Crippen molar-refractivity contribution in [3.63, 3.8) is 0 Å². The van der Waals surface area contributed by atoms with Gasteiger partial charge in [0.25, 0.3) is 0 Å². The first-order chi connectivity index (χ1) is 7.66. The molecule has 0 aliphatic rings. The number of nitrogens with two attached hydrogens (primary N) is 1. The van der Waals surface area contributed by atoms with Crippen LogP contribution in [0.1, 0.15) is 10.4 Å². The first-order valence-electron chi connectivity index (χ1n) is 4.57.